The number of non-ortho nitro benzene ring substituents is 1. The number of phenolic OH excluding ortho intramolecular Hbond substituents is 1. The number of nitro groups is 1. The SMILES string of the molecule is CCCC(C)c1ccc(OCC(=O)N/N=C/c2cc([N+](=O)[O-])ccc2O)cc1. The minimum atomic E-state index is -0.586. The summed E-state index contributed by atoms with van der Waals surface area (Å²) in [4.78, 5) is 22.0. The van der Waals surface area contributed by atoms with E-state index in [2.05, 4.69) is 24.4 Å². The average molecular weight is 385 g/mol. The lowest BCUT2D eigenvalue weighted by Gasteiger charge is -2.11. The van der Waals surface area contributed by atoms with Crippen molar-refractivity contribution in [3.63, 3.8) is 0 Å². The second-order valence-corrected chi connectivity index (χ2v) is 6.34. The summed E-state index contributed by atoms with van der Waals surface area (Å²) >= 11 is 0. The first-order chi connectivity index (χ1) is 13.4. The molecule has 0 saturated heterocycles. The molecule has 0 saturated carbocycles. The maximum Gasteiger partial charge on any atom is 0.277 e. The highest BCUT2D eigenvalue weighted by molar-refractivity contribution is 5.86. The van der Waals surface area contributed by atoms with Crippen LogP contribution in [0.1, 0.15) is 43.7 Å². The van der Waals surface area contributed by atoms with Gasteiger partial charge in [-0.3, -0.25) is 14.9 Å². The number of nitro benzene ring substituents is 1. The number of aromatic hydroxyl groups is 1. The Morgan fingerprint density at radius 2 is 2.04 bits per heavy atom. The summed E-state index contributed by atoms with van der Waals surface area (Å²) in [5.41, 5.74) is 3.40. The van der Waals surface area contributed by atoms with Crippen LogP contribution in [-0.2, 0) is 4.79 Å². The predicted octanol–water partition coefficient (Wildman–Crippen LogP) is 3.73. The van der Waals surface area contributed by atoms with Crippen LogP contribution in [0.3, 0.4) is 0 Å². The minimum Gasteiger partial charge on any atom is -0.507 e. The number of rotatable bonds is 9. The fourth-order valence-corrected chi connectivity index (χ4v) is 2.61. The highest BCUT2D eigenvalue weighted by Gasteiger charge is 2.09. The minimum absolute atomic E-state index is 0.118. The Hall–Kier alpha value is -3.42. The van der Waals surface area contributed by atoms with Crippen molar-refractivity contribution in [3.8, 4) is 11.5 Å². The van der Waals surface area contributed by atoms with Crippen LogP contribution in [0.15, 0.2) is 47.6 Å². The van der Waals surface area contributed by atoms with E-state index in [4.69, 9.17) is 4.74 Å². The maximum atomic E-state index is 11.8. The molecule has 0 heterocycles. The second-order valence-electron chi connectivity index (χ2n) is 6.34. The molecule has 2 rings (SSSR count). The number of carbonyl (C=O) groups is 1. The standard InChI is InChI=1S/C20H23N3O5/c1-3-4-14(2)15-5-8-18(9-6-15)28-13-20(25)22-21-12-16-11-17(23(26)27)7-10-19(16)24/h5-12,14,24H,3-4,13H2,1-2H3,(H,22,25)/b21-12+. The van der Waals surface area contributed by atoms with Crippen molar-refractivity contribution in [2.24, 2.45) is 5.10 Å². The molecule has 0 fully saturated rings. The summed E-state index contributed by atoms with van der Waals surface area (Å²) < 4.78 is 5.41. The van der Waals surface area contributed by atoms with Gasteiger partial charge in [0.25, 0.3) is 11.6 Å². The lowest BCUT2D eigenvalue weighted by atomic mass is 9.97. The third kappa shape index (κ3) is 6.08. The molecule has 8 nitrogen and oxygen atoms in total. The van der Waals surface area contributed by atoms with Crippen LogP contribution < -0.4 is 10.2 Å². The number of ether oxygens (including phenoxy) is 1. The first kappa shape index (κ1) is 20.9. The summed E-state index contributed by atoms with van der Waals surface area (Å²) in [6, 6.07) is 11.1. The van der Waals surface area contributed by atoms with Gasteiger partial charge in [0.05, 0.1) is 11.1 Å². The van der Waals surface area contributed by atoms with E-state index in [0.717, 1.165) is 25.1 Å². The van der Waals surface area contributed by atoms with Crippen LogP contribution in [-0.4, -0.2) is 28.8 Å². The van der Waals surface area contributed by atoms with E-state index in [1.54, 1.807) is 0 Å². The number of benzene rings is 2. The predicted molar refractivity (Wildman–Crippen MR) is 106 cm³/mol. The molecule has 0 bridgehead atoms. The average Bonchev–Trinajstić information content (AvgIpc) is 2.68. The van der Waals surface area contributed by atoms with E-state index in [0.29, 0.717) is 11.7 Å². The summed E-state index contributed by atoms with van der Waals surface area (Å²) in [7, 11) is 0. The van der Waals surface area contributed by atoms with Gasteiger partial charge < -0.3 is 9.84 Å². The number of amides is 1. The molecule has 1 atom stereocenters. The Morgan fingerprint density at radius 3 is 2.68 bits per heavy atom. The Bertz CT molecular complexity index is 849. The number of hydrogen-bond acceptors (Lipinski definition) is 6. The van der Waals surface area contributed by atoms with Crippen LogP contribution in [0.4, 0.5) is 5.69 Å². The second kappa shape index (κ2) is 10.1. The Kier molecular flexibility index (Phi) is 7.50. The monoisotopic (exact) mass is 385 g/mol. The van der Waals surface area contributed by atoms with Crippen molar-refractivity contribution >= 4 is 17.8 Å². The van der Waals surface area contributed by atoms with Crippen molar-refractivity contribution in [1.29, 1.82) is 0 Å². The molecular weight excluding hydrogens is 362 g/mol. The van der Waals surface area contributed by atoms with Gasteiger partial charge in [-0.2, -0.15) is 5.10 Å². The van der Waals surface area contributed by atoms with Crippen LogP contribution in [0.2, 0.25) is 0 Å². The molecule has 1 unspecified atom stereocenters. The van der Waals surface area contributed by atoms with Crippen LogP contribution in [0.25, 0.3) is 0 Å². The van der Waals surface area contributed by atoms with E-state index in [9.17, 15) is 20.0 Å². The van der Waals surface area contributed by atoms with E-state index < -0.39 is 10.8 Å². The molecule has 2 aromatic rings. The summed E-state index contributed by atoms with van der Waals surface area (Å²) in [5.74, 6) is 0.367. The first-order valence-corrected chi connectivity index (χ1v) is 8.92. The molecule has 0 radical (unpaired) electrons. The van der Waals surface area contributed by atoms with Gasteiger partial charge in [-0.25, -0.2) is 5.43 Å². The van der Waals surface area contributed by atoms with Crippen molar-refractivity contribution in [1.82, 2.24) is 5.43 Å². The maximum absolute atomic E-state index is 11.8. The lowest BCUT2D eigenvalue weighted by molar-refractivity contribution is -0.384. The number of hydrazone groups is 1. The third-order valence-electron chi connectivity index (χ3n) is 4.16. The zero-order valence-electron chi connectivity index (χ0n) is 15.8. The summed E-state index contributed by atoms with van der Waals surface area (Å²) in [6.07, 6.45) is 3.36. The number of phenols is 1. The van der Waals surface area contributed by atoms with Crippen molar-refractivity contribution in [2.45, 2.75) is 32.6 Å². The van der Waals surface area contributed by atoms with Crippen LogP contribution >= 0.6 is 0 Å². The topological polar surface area (TPSA) is 114 Å². The van der Waals surface area contributed by atoms with E-state index in [1.165, 1.54) is 17.7 Å². The third-order valence-corrected chi connectivity index (χ3v) is 4.16. The number of nitrogens with one attached hydrogen (secondary N) is 1. The molecule has 0 aliphatic rings. The molecule has 2 aromatic carbocycles. The molecular formula is C20H23N3O5. The lowest BCUT2D eigenvalue weighted by Crippen LogP contribution is -2.24. The molecule has 148 valence electrons. The van der Waals surface area contributed by atoms with Gasteiger partial charge >= 0.3 is 0 Å². The largest absolute Gasteiger partial charge is 0.507 e. The summed E-state index contributed by atoms with van der Waals surface area (Å²) in [5, 5.41) is 24.1. The quantitative estimate of drug-likeness (QED) is 0.388. The highest BCUT2D eigenvalue weighted by atomic mass is 16.6. The van der Waals surface area contributed by atoms with Crippen molar-refractivity contribution < 1.29 is 19.6 Å². The Morgan fingerprint density at radius 1 is 1.32 bits per heavy atom. The number of nitrogens with zero attached hydrogens (tertiary/aromatic N) is 2. The highest BCUT2D eigenvalue weighted by Crippen LogP contribution is 2.23. The zero-order chi connectivity index (χ0) is 20.5. The van der Waals surface area contributed by atoms with Gasteiger partial charge in [0.1, 0.15) is 11.5 Å². The fraction of sp³-hybridized carbons (Fsp3) is 0.300. The normalized spacial score (nSPS) is 11.9. The van der Waals surface area contributed by atoms with Gasteiger partial charge in [0.2, 0.25) is 0 Å². The molecule has 8 heteroatoms. The molecule has 1 amide bonds. The van der Waals surface area contributed by atoms with E-state index in [1.807, 2.05) is 24.3 Å². The van der Waals surface area contributed by atoms with E-state index in [-0.39, 0.29) is 23.6 Å². The Labute approximate surface area is 163 Å². The van der Waals surface area contributed by atoms with Gasteiger partial charge in [-0.05, 0) is 36.1 Å². The number of carbonyl (C=O) groups excluding carboxylic acids is 1. The van der Waals surface area contributed by atoms with Gasteiger partial charge in [0.15, 0.2) is 6.61 Å². The van der Waals surface area contributed by atoms with E-state index >= 15 is 0 Å². The van der Waals surface area contributed by atoms with Crippen LogP contribution in [0, 0.1) is 10.1 Å². The fourth-order valence-electron chi connectivity index (χ4n) is 2.61. The van der Waals surface area contributed by atoms with Gasteiger partial charge in [0, 0.05) is 17.7 Å². The van der Waals surface area contributed by atoms with Gasteiger partial charge in [-0.15, -0.1) is 0 Å². The first-order valence-electron chi connectivity index (χ1n) is 8.92. The Balaban J connectivity index is 1.85. The van der Waals surface area contributed by atoms with Crippen molar-refractivity contribution in [3.05, 3.63) is 63.7 Å². The van der Waals surface area contributed by atoms with Gasteiger partial charge in [-0.1, -0.05) is 32.4 Å². The molecule has 28 heavy (non-hydrogen) atoms. The molecule has 2 N–H and O–H groups in total. The molecule has 0 aliphatic carbocycles. The molecule has 0 spiro atoms. The molecule has 0 aliphatic heterocycles. The van der Waals surface area contributed by atoms with Crippen molar-refractivity contribution in [2.75, 3.05) is 6.61 Å². The number of hydrogen-bond donors (Lipinski definition) is 2. The summed E-state index contributed by atoms with van der Waals surface area (Å²) in [6.45, 7) is 4.08. The molecule has 0 aromatic heterocycles. The van der Waals surface area contributed by atoms with Crippen LogP contribution in [0.5, 0.6) is 11.5 Å². The zero-order valence-corrected chi connectivity index (χ0v) is 15.8. The smallest absolute Gasteiger partial charge is 0.277 e.